The number of tetrazole rings is 1. The average Bonchev–Trinajstić information content (AvgIpc) is 3.07. The van der Waals surface area contributed by atoms with Crippen molar-refractivity contribution in [1.82, 2.24) is 25.5 Å². The van der Waals surface area contributed by atoms with Gasteiger partial charge in [-0.15, -0.1) is 5.10 Å². The summed E-state index contributed by atoms with van der Waals surface area (Å²) in [6.07, 6.45) is 2.18. The summed E-state index contributed by atoms with van der Waals surface area (Å²) in [6.45, 7) is 1.30. The Morgan fingerprint density at radius 3 is 2.89 bits per heavy atom. The molecule has 1 saturated carbocycles. The molecule has 104 valence electrons. The molecular formula is C10H15N5O3S. The Balaban J connectivity index is 1.82. The predicted molar refractivity (Wildman–Crippen MR) is 67.5 cm³/mol. The molecular weight excluding hydrogens is 270 g/mol. The van der Waals surface area contributed by atoms with Gasteiger partial charge in [0.25, 0.3) is 0 Å². The van der Waals surface area contributed by atoms with Crippen LogP contribution in [0, 0.1) is 0 Å². The molecule has 1 aromatic rings. The lowest BCUT2D eigenvalue weighted by Gasteiger charge is -2.12. The first-order valence-corrected chi connectivity index (χ1v) is 7.07. The van der Waals surface area contributed by atoms with Crippen LogP contribution in [-0.4, -0.2) is 49.0 Å². The molecule has 0 spiro atoms. The maximum atomic E-state index is 10.9. The van der Waals surface area contributed by atoms with Gasteiger partial charge in [0.05, 0.1) is 11.8 Å². The molecule has 1 unspecified atom stereocenters. The number of hydrogen-bond donors (Lipinski definition) is 2. The Morgan fingerprint density at radius 2 is 2.32 bits per heavy atom. The van der Waals surface area contributed by atoms with Gasteiger partial charge in [-0.25, -0.2) is 9.48 Å². The molecule has 1 atom stereocenters. The molecule has 0 bridgehead atoms. The first kappa shape index (κ1) is 13.8. The van der Waals surface area contributed by atoms with E-state index in [9.17, 15) is 9.59 Å². The summed E-state index contributed by atoms with van der Waals surface area (Å²) < 4.78 is 1.79. The highest BCUT2D eigenvalue weighted by molar-refractivity contribution is 7.98. The molecule has 9 heteroatoms. The van der Waals surface area contributed by atoms with Crippen molar-refractivity contribution in [3.8, 4) is 0 Å². The zero-order valence-corrected chi connectivity index (χ0v) is 11.3. The number of rotatable bonds is 7. The largest absolute Gasteiger partial charge is 0.480 e. The van der Waals surface area contributed by atoms with E-state index in [4.69, 9.17) is 5.11 Å². The summed E-state index contributed by atoms with van der Waals surface area (Å²) in [7, 11) is 0. The molecule has 1 aliphatic rings. The average molecular weight is 285 g/mol. The molecule has 19 heavy (non-hydrogen) atoms. The Morgan fingerprint density at radius 1 is 1.58 bits per heavy atom. The lowest BCUT2D eigenvalue weighted by molar-refractivity contribution is -0.140. The molecule has 8 nitrogen and oxygen atoms in total. The number of carbonyl (C=O) groups excluding carboxylic acids is 1. The molecule has 0 aromatic carbocycles. The number of carboxylic acids is 1. The second-order valence-electron chi connectivity index (χ2n) is 4.38. The number of hydrogen-bond acceptors (Lipinski definition) is 6. The fourth-order valence-corrected chi connectivity index (χ4v) is 2.55. The maximum absolute atomic E-state index is 10.9. The molecule has 1 heterocycles. The summed E-state index contributed by atoms with van der Waals surface area (Å²) in [4.78, 5) is 21.8. The molecule has 0 aliphatic heterocycles. The van der Waals surface area contributed by atoms with E-state index >= 15 is 0 Å². The van der Waals surface area contributed by atoms with E-state index in [2.05, 4.69) is 20.8 Å². The number of aliphatic carboxylic acids is 1. The van der Waals surface area contributed by atoms with E-state index in [0.717, 1.165) is 18.7 Å². The molecule has 1 aliphatic carbocycles. The molecule has 0 radical (unpaired) electrons. The highest BCUT2D eigenvalue weighted by Crippen LogP contribution is 2.34. The third-order valence-electron chi connectivity index (χ3n) is 2.64. The zero-order chi connectivity index (χ0) is 13.8. The summed E-state index contributed by atoms with van der Waals surface area (Å²) in [5.74, 6) is 0.180. The first-order chi connectivity index (χ1) is 9.08. The van der Waals surface area contributed by atoms with Gasteiger partial charge < -0.3 is 10.4 Å². The Kier molecular flexibility index (Phi) is 4.35. The van der Waals surface area contributed by atoms with Gasteiger partial charge in [0, 0.05) is 12.7 Å². The molecule has 1 aromatic heterocycles. The molecule has 1 amide bonds. The zero-order valence-electron chi connectivity index (χ0n) is 10.4. The van der Waals surface area contributed by atoms with Crippen molar-refractivity contribution in [2.45, 2.75) is 37.6 Å². The van der Waals surface area contributed by atoms with Crippen LogP contribution in [0.25, 0.3) is 0 Å². The molecule has 2 rings (SSSR count). The second-order valence-corrected chi connectivity index (χ2v) is 5.41. The Hall–Kier alpha value is -1.64. The van der Waals surface area contributed by atoms with E-state index in [1.54, 1.807) is 4.68 Å². The minimum Gasteiger partial charge on any atom is -0.480 e. The van der Waals surface area contributed by atoms with Gasteiger partial charge in [0.2, 0.25) is 5.91 Å². The number of carboxylic acid groups (broad SMARTS) is 1. The van der Waals surface area contributed by atoms with Crippen LogP contribution in [0.5, 0.6) is 0 Å². The molecule has 2 N–H and O–H groups in total. The van der Waals surface area contributed by atoms with Crippen molar-refractivity contribution in [3.63, 3.8) is 0 Å². The Bertz CT molecular complexity index is 473. The fourth-order valence-electron chi connectivity index (χ4n) is 1.60. The highest BCUT2D eigenvalue weighted by atomic mass is 32.2. The van der Waals surface area contributed by atoms with Crippen LogP contribution in [0.3, 0.4) is 0 Å². The monoisotopic (exact) mass is 285 g/mol. The predicted octanol–water partition coefficient (Wildman–Crippen LogP) is -0.170. The van der Waals surface area contributed by atoms with Gasteiger partial charge >= 0.3 is 5.97 Å². The van der Waals surface area contributed by atoms with E-state index in [-0.39, 0.29) is 11.7 Å². The van der Waals surface area contributed by atoms with Gasteiger partial charge in [-0.2, -0.15) is 11.8 Å². The van der Waals surface area contributed by atoms with E-state index < -0.39 is 12.0 Å². The summed E-state index contributed by atoms with van der Waals surface area (Å²) >= 11 is 1.39. The van der Waals surface area contributed by atoms with Crippen molar-refractivity contribution >= 4 is 23.6 Å². The second kappa shape index (κ2) is 6.00. The van der Waals surface area contributed by atoms with Crippen LogP contribution in [0.15, 0.2) is 0 Å². The summed E-state index contributed by atoms with van der Waals surface area (Å²) in [5, 5.41) is 22.8. The number of thioether (sulfide) groups is 1. The van der Waals surface area contributed by atoms with Gasteiger partial charge in [0.1, 0.15) is 6.04 Å². The first-order valence-electron chi connectivity index (χ1n) is 5.92. The van der Waals surface area contributed by atoms with E-state index in [1.165, 1.54) is 18.7 Å². The van der Waals surface area contributed by atoms with Crippen molar-refractivity contribution in [1.29, 1.82) is 0 Å². The number of amides is 1. The summed E-state index contributed by atoms with van der Waals surface area (Å²) in [5.41, 5.74) is 0. The van der Waals surface area contributed by atoms with Crippen LogP contribution >= 0.6 is 11.8 Å². The quantitative estimate of drug-likeness (QED) is 0.715. The van der Waals surface area contributed by atoms with Crippen LogP contribution < -0.4 is 5.32 Å². The SMILES string of the molecule is CC(=O)NC(CSCc1nnnn1C1CC1)C(=O)O. The normalized spacial score (nSPS) is 16.1. The van der Waals surface area contributed by atoms with Gasteiger partial charge in [0.15, 0.2) is 5.82 Å². The fraction of sp³-hybridized carbons (Fsp3) is 0.700. The molecule has 1 fully saturated rings. The van der Waals surface area contributed by atoms with Gasteiger partial charge in [-0.05, 0) is 23.3 Å². The summed E-state index contributed by atoms with van der Waals surface area (Å²) in [6, 6.07) is -0.482. The lowest BCUT2D eigenvalue weighted by atomic mass is 10.3. The van der Waals surface area contributed by atoms with E-state index in [0.29, 0.717) is 11.8 Å². The lowest BCUT2D eigenvalue weighted by Crippen LogP contribution is -2.41. The number of aromatic nitrogens is 4. The third-order valence-corrected chi connectivity index (χ3v) is 3.68. The third kappa shape index (κ3) is 3.91. The van der Waals surface area contributed by atoms with E-state index in [1.807, 2.05) is 0 Å². The van der Waals surface area contributed by atoms with Crippen LogP contribution in [0.2, 0.25) is 0 Å². The minimum absolute atomic E-state index is 0.284. The molecule has 0 saturated heterocycles. The van der Waals surface area contributed by atoms with Crippen molar-refractivity contribution in [2.75, 3.05) is 5.75 Å². The minimum atomic E-state index is -1.04. The number of carbonyl (C=O) groups is 2. The highest BCUT2D eigenvalue weighted by Gasteiger charge is 2.27. The Labute approximate surface area is 113 Å². The van der Waals surface area contributed by atoms with Gasteiger partial charge in [-0.3, -0.25) is 4.79 Å². The topological polar surface area (TPSA) is 110 Å². The van der Waals surface area contributed by atoms with Crippen LogP contribution in [0.4, 0.5) is 0 Å². The number of nitrogens with zero attached hydrogens (tertiary/aromatic N) is 4. The standard InChI is InChI=1S/C10H15N5O3S/c1-6(16)11-8(10(17)18)4-19-5-9-12-13-14-15(9)7-2-3-7/h7-8H,2-5H2,1H3,(H,11,16)(H,17,18). The van der Waals surface area contributed by atoms with Crippen molar-refractivity contribution < 1.29 is 14.7 Å². The smallest absolute Gasteiger partial charge is 0.327 e. The maximum Gasteiger partial charge on any atom is 0.327 e. The van der Waals surface area contributed by atoms with Crippen LogP contribution in [0.1, 0.15) is 31.6 Å². The van der Waals surface area contributed by atoms with Gasteiger partial charge in [-0.1, -0.05) is 0 Å². The van der Waals surface area contributed by atoms with Crippen molar-refractivity contribution in [3.05, 3.63) is 5.82 Å². The van der Waals surface area contributed by atoms with Crippen molar-refractivity contribution in [2.24, 2.45) is 0 Å². The number of nitrogens with one attached hydrogen (secondary N) is 1. The van der Waals surface area contributed by atoms with Crippen LogP contribution in [-0.2, 0) is 15.3 Å².